The third kappa shape index (κ3) is 4.37. The summed E-state index contributed by atoms with van der Waals surface area (Å²) in [5, 5.41) is 0. The van der Waals surface area contributed by atoms with E-state index in [9.17, 15) is 18.4 Å². The van der Waals surface area contributed by atoms with Crippen LogP contribution in [0.4, 0.5) is 8.78 Å². The summed E-state index contributed by atoms with van der Waals surface area (Å²) in [6, 6.07) is 3.21. The Bertz CT molecular complexity index is 493. The third-order valence-electron chi connectivity index (χ3n) is 2.63. The first-order valence-corrected chi connectivity index (χ1v) is 5.83. The lowest BCUT2D eigenvalue weighted by Gasteiger charge is -2.21. The number of carbonyl (C=O) groups is 2. The Labute approximate surface area is 126 Å². The maximum atomic E-state index is 13.7. The Morgan fingerprint density at radius 2 is 1.81 bits per heavy atom. The zero-order valence-electron chi connectivity index (χ0n) is 11.5. The van der Waals surface area contributed by atoms with Crippen molar-refractivity contribution in [1.29, 1.82) is 0 Å². The predicted molar refractivity (Wildman–Crippen MR) is 73.5 cm³/mol. The van der Waals surface area contributed by atoms with Crippen LogP contribution >= 0.6 is 12.4 Å². The first-order chi connectivity index (χ1) is 9.34. The summed E-state index contributed by atoms with van der Waals surface area (Å²) in [5.41, 5.74) is 5.60. The topological polar surface area (TPSA) is 78.6 Å². The lowest BCUT2D eigenvalue weighted by Crippen LogP contribution is -2.41. The number of halogens is 3. The first kappa shape index (κ1) is 19.3. The molecule has 2 N–H and O–H groups in total. The van der Waals surface area contributed by atoms with Gasteiger partial charge in [0, 0.05) is 0 Å². The summed E-state index contributed by atoms with van der Waals surface area (Å²) in [7, 11) is 1.21. The molecule has 0 saturated heterocycles. The van der Waals surface area contributed by atoms with Gasteiger partial charge in [-0.15, -0.1) is 12.4 Å². The normalized spacial score (nSPS) is 12.0. The number of ether oxygens (including phenoxy) is 2. The smallest absolute Gasteiger partial charge is 0.379 e. The van der Waals surface area contributed by atoms with E-state index >= 15 is 0 Å². The van der Waals surface area contributed by atoms with Crippen molar-refractivity contribution in [3.63, 3.8) is 0 Å². The minimum absolute atomic E-state index is 0. The molecule has 0 spiro atoms. The van der Waals surface area contributed by atoms with Crippen LogP contribution in [0, 0.1) is 0 Å². The van der Waals surface area contributed by atoms with E-state index in [4.69, 9.17) is 5.73 Å². The van der Waals surface area contributed by atoms with Crippen molar-refractivity contribution in [2.24, 2.45) is 5.73 Å². The van der Waals surface area contributed by atoms with Crippen LogP contribution < -0.4 is 5.73 Å². The van der Waals surface area contributed by atoms with E-state index in [0.29, 0.717) is 0 Å². The molecule has 0 saturated carbocycles. The Balaban J connectivity index is 0.00000400. The molecule has 0 aliphatic carbocycles. The number of carbonyl (C=O) groups excluding carboxylic acids is 2. The number of rotatable bonds is 5. The molecular formula is C13H16ClF2NO4. The van der Waals surface area contributed by atoms with E-state index in [0.717, 1.165) is 0 Å². The van der Waals surface area contributed by atoms with Crippen molar-refractivity contribution in [3.05, 3.63) is 35.4 Å². The molecule has 0 radical (unpaired) electrons. The fourth-order valence-electron chi connectivity index (χ4n) is 1.51. The summed E-state index contributed by atoms with van der Waals surface area (Å²) in [6.45, 7) is 1.26. The highest BCUT2D eigenvalue weighted by Gasteiger charge is 2.47. The summed E-state index contributed by atoms with van der Waals surface area (Å²) in [6.07, 6.45) is 0. The molecule has 21 heavy (non-hydrogen) atoms. The summed E-state index contributed by atoms with van der Waals surface area (Å²) >= 11 is 0. The van der Waals surface area contributed by atoms with E-state index in [1.165, 1.54) is 38.3 Å². The quantitative estimate of drug-likeness (QED) is 0.839. The Hall–Kier alpha value is -1.73. The number of hydrogen-bond donors (Lipinski definition) is 1. The zero-order valence-corrected chi connectivity index (χ0v) is 12.3. The fraction of sp³-hybridized carbons (Fsp3) is 0.385. The van der Waals surface area contributed by atoms with Gasteiger partial charge in [0.15, 0.2) is 0 Å². The fourth-order valence-corrected chi connectivity index (χ4v) is 1.51. The SMILES string of the molecule is CCOC(=O)C(F)(F)[C@H](N)c1ccc(C(=O)OC)cc1.Cl. The molecule has 1 atom stereocenters. The molecule has 118 valence electrons. The lowest BCUT2D eigenvalue weighted by atomic mass is 10.00. The van der Waals surface area contributed by atoms with Gasteiger partial charge in [-0.3, -0.25) is 0 Å². The molecular weight excluding hydrogens is 308 g/mol. The van der Waals surface area contributed by atoms with Crippen LogP contribution in [-0.4, -0.2) is 31.6 Å². The molecule has 0 amide bonds. The van der Waals surface area contributed by atoms with Gasteiger partial charge in [-0.2, -0.15) is 8.78 Å². The summed E-state index contributed by atoms with van der Waals surface area (Å²) < 4.78 is 36.2. The maximum absolute atomic E-state index is 13.7. The number of nitrogens with two attached hydrogens (primary N) is 1. The largest absolute Gasteiger partial charge is 0.465 e. The summed E-state index contributed by atoms with van der Waals surface area (Å²) in [5.74, 6) is -6.12. The number of benzene rings is 1. The van der Waals surface area contributed by atoms with Crippen molar-refractivity contribution in [3.8, 4) is 0 Å². The van der Waals surface area contributed by atoms with Gasteiger partial charge >= 0.3 is 17.9 Å². The Kier molecular flexibility index (Phi) is 7.25. The number of methoxy groups -OCH3 is 1. The molecule has 0 aromatic heterocycles. The highest BCUT2D eigenvalue weighted by atomic mass is 35.5. The van der Waals surface area contributed by atoms with Gasteiger partial charge in [-0.05, 0) is 24.6 Å². The van der Waals surface area contributed by atoms with Crippen LogP contribution in [0.1, 0.15) is 28.9 Å². The zero-order chi connectivity index (χ0) is 15.3. The Morgan fingerprint density at radius 3 is 2.24 bits per heavy atom. The van der Waals surface area contributed by atoms with E-state index < -0.39 is 23.9 Å². The van der Waals surface area contributed by atoms with Crippen LogP contribution in [0.3, 0.4) is 0 Å². The van der Waals surface area contributed by atoms with Crippen molar-refractivity contribution in [2.45, 2.75) is 18.9 Å². The van der Waals surface area contributed by atoms with Crippen molar-refractivity contribution in [1.82, 2.24) is 0 Å². The average Bonchev–Trinajstić information content (AvgIpc) is 2.46. The molecule has 1 rings (SSSR count). The number of hydrogen-bond acceptors (Lipinski definition) is 5. The second-order valence-electron chi connectivity index (χ2n) is 3.93. The monoisotopic (exact) mass is 323 g/mol. The minimum Gasteiger partial charge on any atom is -0.465 e. The van der Waals surface area contributed by atoms with E-state index in [2.05, 4.69) is 9.47 Å². The molecule has 1 aromatic rings. The lowest BCUT2D eigenvalue weighted by molar-refractivity contribution is -0.174. The second-order valence-corrected chi connectivity index (χ2v) is 3.93. The predicted octanol–water partition coefficient (Wildman–Crippen LogP) is 2.09. The van der Waals surface area contributed by atoms with Gasteiger partial charge in [-0.1, -0.05) is 12.1 Å². The molecule has 5 nitrogen and oxygen atoms in total. The van der Waals surface area contributed by atoms with Crippen LogP contribution in [0.2, 0.25) is 0 Å². The summed E-state index contributed by atoms with van der Waals surface area (Å²) in [4.78, 5) is 22.4. The molecule has 8 heteroatoms. The molecule has 0 fully saturated rings. The highest BCUT2D eigenvalue weighted by Crippen LogP contribution is 2.30. The highest BCUT2D eigenvalue weighted by molar-refractivity contribution is 5.89. The van der Waals surface area contributed by atoms with Gasteiger partial charge < -0.3 is 15.2 Å². The molecule has 0 heterocycles. The van der Waals surface area contributed by atoms with Crippen LogP contribution in [0.25, 0.3) is 0 Å². The molecule has 0 unspecified atom stereocenters. The molecule has 1 aromatic carbocycles. The first-order valence-electron chi connectivity index (χ1n) is 5.83. The van der Waals surface area contributed by atoms with Crippen LogP contribution in [-0.2, 0) is 14.3 Å². The second kappa shape index (κ2) is 7.90. The van der Waals surface area contributed by atoms with E-state index in [1.54, 1.807) is 0 Å². The van der Waals surface area contributed by atoms with Crippen molar-refractivity contribution in [2.75, 3.05) is 13.7 Å². The third-order valence-corrected chi connectivity index (χ3v) is 2.63. The van der Waals surface area contributed by atoms with Gasteiger partial charge in [0.1, 0.15) is 6.04 Å². The van der Waals surface area contributed by atoms with Crippen LogP contribution in [0.5, 0.6) is 0 Å². The number of esters is 2. The molecule has 0 aliphatic heterocycles. The van der Waals surface area contributed by atoms with Gasteiger partial charge in [0.2, 0.25) is 0 Å². The van der Waals surface area contributed by atoms with Gasteiger partial charge in [0.05, 0.1) is 19.3 Å². The van der Waals surface area contributed by atoms with Crippen molar-refractivity contribution >= 4 is 24.3 Å². The molecule has 0 aliphatic rings. The standard InChI is InChI=1S/C13H15F2NO4.ClH/c1-3-20-12(18)13(14,15)10(16)8-4-6-9(7-5-8)11(17)19-2;/h4-7,10H,3,16H2,1-2H3;1H/t10-;/m1./s1. The van der Waals surface area contributed by atoms with Crippen molar-refractivity contribution < 1.29 is 27.8 Å². The Morgan fingerprint density at radius 1 is 1.29 bits per heavy atom. The maximum Gasteiger partial charge on any atom is 0.379 e. The van der Waals surface area contributed by atoms with E-state index in [1.807, 2.05) is 0 Å². The van der Waals surface area contributed by atoms with E-state index in [-0.39, 0.29) is 30.1 Å². The van der Waals surface area contributed by atoms with Crippen LogP contribution in [0.15, 0.2) is 24.3 Å². The number of alkyl halides is 2. The van der Waals surface area contributed by atoms with Gasteiger partial charge in [0.25, 0.3) is 0 Å². The minimum atomic E-state index is -3.84. The molecule has 0 bridgehead atoms. The van der Waals surface area contributed by atoms with Gasteiger partial charge in [-0.25, -0.2) is 9.59 Å². The average molecular weight is 324 g/mol.